The monoisotopic (exact) mass is 355 g/mol. The van der Waals surface area contributed by atoms with Gasteiger partial charge >= 0.3 is 5.76 Å². The zero-order valence-corrected chi connectivity index (χ0v) is 14.8. The molecule has 1 amide bonds. The van der Waals surface area contributed by atoms with E-state index in [2.05, 4.69) is 5.10 Å². The molecule has 0 aliphatic carbocycles. The van der Waals surface area contributed by atoms with E-state index in [1.165, 1.54) is 11.8 Å². The molecule has 0 saturated heterocycles. The highest BCUT2D eigenvalue weighted by molar-refractivity contribution is 5.75. The van der Waals surface area contributed by atoms with Gasteiger partial charge in [-0.3, -0.25) is 4.79 Å². The van der Waals surface area contributed by atoms with Gasteiger partial charge in [-0.15, -0.1) is 5.10 Å². The van der Waals surface area contributed by atoms with Crippen molar-refractivity contribution in [3.05, 3.63) is 64.3 Å². The predicted octanol–water partition coefficient (Wildman–Crippen LogP) is 2.84. The molecule has 26 heavy (non-hydrogen) atoms. The summed E-state index contributed by atoms with van der Waals surface area (Å²) < 4.78 is 11.3. The lowest BCUT2D eigenvalue weighted by Gasteiger charge is -2.22. The molecular formula is C19H21N3O4. The Bertz CT molecular complexity index is 907. The summed E-state index contributed by atoms with van der Waals surface area (Å²) in [5.41, 5.74) is 2.21. The van der Waals surface area contributed by atoms with E-state index in [4.69, 9.17) is 8.83 Å². The predicted molar refractivity (Wildman–Crippen MR) is 95.4 cm³/mol. The molecule has 3 rings (SSSR count). The second-order valence-corrected chi connectivity index (χ2v) is 6.11. The first kappa shape index (κ1) is 17.7. The van der Waals surface area contributed by atoms with Crippen molar-refractivity contribution >= 4 is 5.91 Å². The number of furan rings is 1. The van der Waals surface area contributed by atoms with Crippen LogP contribution in [0.3, 0.4) is 0 Å². The average Bonchev–Trinajstić information content (AvgIpc) is 3.27. The van der Waals surface area contributed by atoms with Crippen LogP contribution in [-0.2, 0) is 17.9 Å². The van der Waals surface area contributed by atoms with E-state index in [1.807, 2.05) is 38.1 Å². The first-order chi connectivity index (χ1) is 12.6. The number of nitrogens with zero attached hydrogens (tertiary/aromatic N) is 3. The molecule has 0 saturated carbocycles. The molecule has 136 valence electrons. The van der Waals surface area contributed by atoms with Gasteiger partial charge in [0.15, 0.2) is 5.76 Å². The summed E-state index contributed by atoms with van der Waals surface area (Å²) in [4.78, 5) is 26.4. The molecule has 0 fully saturated rings. The zero-order chi connectivity index (χ0) is 18.5. The highest BCUT2D eigenvalue weighted by Gasteiger charge is 2.19. The van der Waals surface area contributed by atoms with Crippen LogP contribution in [0.15, 0.2) is 56.3 Å². The van der Waals surface area contributed by atoms with Gasteiger partial charge in [-0.05, 0) is 31.0 Å². The van der Waals surface area contributed by atoms with Crippen LogP contribution in [0.25, 0.3) is 11.7 Å². The molecule has 0 unspecified atom stereocenters. The third kappa shape index (κ3) is 4.11. The smallest absolute Gasteiger partial charge is 0.437 e. The highest BCUT2D eigenvalue weighted by atomic mass is 16.4. The van der Waals surface area contributed by atoms with Gasteiger partial charge in [-0.1, -0.05) is 36.8 Å². The molecule has 1 aromatic carbocycles. The number of benzene rings is 1. The molecule has 0 radical (unpaired) electrons. The summed E-state index contributed by atoms with van der Waals surface area (Å²) in [6, 6.07) is 11.3. The molecule has 0 bridgehead atoms. The van der Waals surface area contributed by atoms with Gasteiger partial charge < -0.3 is 13.7 Å². The maximum atomic E-state index is 12.7. The number of rotatable bonds is 7. The molecule has 7 nitrogen and oxygen atoms in total. The molecule has 2 aromatic heterocycles. The largest absolute Gasteiger partial charge is 0.459 e. The van der Waals surface area contributed by atoms with Gasteiger partial charge in [0.1, 0.15) is 6.54 Å². The molecular weight excluding hydrogens is 334 g/mol. The number of carbonyl (C=O) groups excluding carboxylic acids is 1. The molecule has 0 aliphatic heterocycles. The summed E-state index contributed by atoms with van der Waals surface area (Å²) >= 11 is 0. The van der Waals surface area contributed by atoms with Crippen LogP contribution in [0, 0.1) is 6.92 Å². The molecule has 0 atom stereocenters. The first-order valence-corrected chi connectivity index (χ1v) is 8.52. The van der Waals surface area contributed by atoms with Crippen LogP contribution in [0.4, 0.5) is 0 Å². The average molecular weight is 355 g/mol. The van der Waals surface area contributed by atoms with Crippen LogP contribution >= 0.6 is 0 Å². The van der Waals surface area contributed by atoms with Gasteiger partial charge in [0, 0.05) is 13.1 Å². The molecule has 2 heterocycles. The Hall–Kier alpha value is -3.09. The van der Waals surface area contributed by atoms with E-state index in [-0.39, 0.29) is 18.3 Å². The van der Waals surface area contributed by atoms with E-state index in [9.17, 15) is 9.59 Å². The summed E-state index contributed by atoms with van der Waals surface area (Å²) in [7, 11) is 0. The minimum absolute atomic E-state index is 0.0633. The van der Waals surface area contributed by atoms with Crippen molar-refractivity contribution in [3.63, 3.8) is 0 Å². The van der Waals surface area contributed by atoms with E-state index in [0.717, 1.165) is 16.7 Å². The first-order valence-electron chi connectivity index (χ1n) is 8.52. The van der Waals surface area contributed by atoms with Crippen LogP contribution in [0.1, 0.15) is 24.5 Å². The van der Waals surface area contributed by atoms with Crippen LogP contribution < -0.4 is 5.76 Å². The van der Waals surface area contributed by atoms with Crippen molar-refractivity contribution in [1.82, 2.24) is 14.7 Å². The number of aromatic nitrogens is 2. The Morgan fingerprint density at radius 1 is 1.23 bits per heavy atom. The van der Waals surface area contributed by atoms with E-state index >= 15 is 0 Å². The standard InChI is InChI=1S/C19H21N3O4/c1-3-10-21(12-15-8-6-14(2)7-9-15)17(23)13-22-19(24)26-18(20-22)16-5-4-11-25-16/h4-9,11H,3,10,12-13H2,1-2H3. The fourth-order valence-electron chi connectivity index (χ4n) is 2.61. The minimum Gasteiger partial charge on any atom is -0.459 e. The number of hydrogen-bond donors (Lipinski definition) is 0. The van der Waals surface area contributed by atoms with Gasteiger partial charge in [0.25, 0.3) is 5.89 Å². The number of carbonyl (C=O) groups is 1. The fourth-order valence-corrected chi connectivity index (χ4v) is 2.61. The third-order valence-electron chi connectivity index (χ3n) is 3.96. The van der Waals surface area contributed by atoms with Crippen LogP contribution in [0.5, 0.6) is 0 Å². The van der Waals surface area contributed by atoms with Crippen LogP contribution in [0.2, 0.25) is 0 Å². The van der Waals surface area contributed by atoms with E-state index < -0.39 is 5.76 Å². The number of hydrogen-bond acceptors (Lipinski definition) is 5. The highest BCUT2D eigenvalue weighted by Crippen LogP contribution is 2.15. The van der Waals surface area contributed by atoms with Gasteiger partial charge in [0.2, 0.25) is 5.91 Å². The lowest BCUT2D eigenvalue weighted by atomic mass is 10.1. The Morgan fingerprint density at radius 3 is 2.65 bits per heavy atom. The minimum atomic E-state index is -0.684. The molecule has 3 aromatic rings. The second kappa shape index (κ2) is 7.86. The second-order valence-electron chi connectivity index (χ2n) is 6.11. The molecule has 0 spiro atoms. The Kier molecular flexibility index (Phi) is 5.36. The van der Waals surface area contributed by atoms with Crippen molar-refractivity contribution in [2.24, 2.45) is 0 Å². The van der Waals surface area contributed by atoms with Crippen LogP contribution in [-0.4, -0.2) is 27.1 Å². The van der Waals surface area contributed by atoms with Crippen molar-refractivity contribution in [1.29, 1.82) is 0 Å². The maximum absolute atomic E-state index is 12.7. The van der Waals surface area contributed by atoms with Gasteiger partial charge in [-0.25, -0.2) is 4.79 Å². The SMILES string of the molecule is CCCN(Cc1ccc(C)cc1)C(=O)Cn1nc(-c2ccco2)oc1=O. The quantitative estimate of drug-likeness (QED) is 0.651. The normalized spacial score (nSPS) is 10.8. The molecule has 7 heteroatoms. The van der Waals surface area contributed by atoms with Crippen molar-refractivity contribution < 1.29 is 13.6 Å². The fraction of sp³-hybridized carbons (Fsp3) is 0.316. The van der Waals surface area contributed by atoms with Crippen molar-refractivity contribution in [2.45, 2.75) is 33.4 Å². The van der Waals surface area contributed by atoms with Gasteiger partial charge in [-0.2, -0.15) is 4.68 Å². The number of amides is 1. The Morgan fingerprint density at radius 2 is 2.00 bits per heavy atom. The third-order valence-corrected chi connectivity index (χ3v) is 3.96. The summed E-state index contributed by atoms with van der Waals surface area (Å²) in [5, 5.41) is 4.05. The summed E-state index contributed by atoms with van der Waals surface area (Å²) in [6.45, 7) is 4.95. The van der Waals surface area contributed by atoms with Crippen molar-refractivity contribution in [3.8, 4) is 11.7 Å². The number of aryl methyl sites for hydroxylation is 1. The zero-order valence-electron chi connectivity index (χ0n) is 14.8. The van der Waals surface area contributed by atoms with Gasteiger partial charge in [0.05, 0.1) is 6.26 Å². The summed E-state index contributed by atoms with van der Waals surface area (Å²) in [5.74, 6) is -0.461. The maximum Gasteiger partial charge on any atom is 0.437 e. The topological polar surface area (TPSA) is 81.5 Å². The lowest BCUT2D eigenvalue weighted by Crippen LogP contribution is -2.36. The van der Waals surface area contributed by atoms with Crippen molar-refractivity contribution in [2.75, 3.05) is 6.54 Å². The Labute approximate surface area is 150 Å². The van der Waals surface area contributed by atoms with E-state index in [1.54, 1.807) is 17.0 Å². The molecule has 0 N–H and O–H groups in total. The summed E-state index contributed by atoms with van der Waals surface area (Å²) in [6.07, 6.45) is 2.28. The Balaban J connectivity index is 1.73. The lowest BCUT2D eigenvalue weighted by molar-refractivity contribution is -0.132. The molecule has 0 aliphatic rings. The van der Waals surface area contributed by atoms with E-state index in [0.29, 0.717) is 18.8 Å².